The molecule has 1 unspecified atom stereocenters. The summed E-state index contributed by atoms with van der Waals surface area (Å²) in [5.41, 5.74) is 0.266. The standard InChI is InChI=1S/C16H25NO4/c1-20-14-3-2-4-15(9-14)21-11-13(19)10-17-12-16(5-6-16)7-8-18/h2-4,9,13,17-19H,5-8,10-12H2,1H3. The van der Waals surface area contributed by atoms with Gasteiger partial charge in [-0.15, -0.1) is 0 Å². The second-order valence-corrected chi connectivity index (χ2v) is 5.75. The lowest BCUT2D eigenvalue weighted by molar-refractivity contribution is 0.104. The normalized spacial score (nSPS) is 17.3. The van der Waals surface area contributed by atoms with Crippen LogP contribution in [-0.4, -0.2) is 49.7 Å². The molecular formula is C16H25NO4. The van der Waals surface area contributed by atoms with Gasteiger partial charge in [-0.1, -0.05) is 6.07 Å². The van der Waals surface area contributed by atoms with Crippen LogP contribution in [0.2, 0.25) is 0 Å². The maximum Gasteiger partial charge on any atom is 0.123 e. The van der Waals surface area contributed by atoms with E-state index in [1.807, 2.05) is 18.2 Å². The highest BCUT2D eigenvalue weighted by molar-refractivity contribution is 5.32. The maximum absolute atomic E-state index is 9.92. The Hall–Kier alpha value is -1.30. The molecule has 0 spiro atoms. The Labute approximate surface area is 125 Å². The molecule has 0 bridgehead atoms. The average molecular weight is 295 g/mol. The van der Waals surface area contributed by atoms with E-state index in [1.165, 1.54) is 0 Å². The van der Waals surface area contributed by atoms with Gasteiger partial charge in [0.05, 0.1) is 7.11 Å². The lowest BCUT2D eigenvalue weighted by Gasteiger charge is -2.17. The van der Waals surface area contributed by atoms with Crippen LogP contribution in [0.15, 0.2) is 24.3 Å². The van der Waals surface area contributed by atoms with Crippen molar-refractivity contribution in [2.75, 3.05) is 33.4 Å². The van der Waals surface area contributed by atoms with Crippen molar-refractivity contribution in [3.8, 4) is 11.5 Å². The smallest absolute Gasteiger partial charge is 0.123 e. The van der Waals surface area contributed by atoms with Gasteiger partial charge >= 0.3 is 0 Å². The van der Waals surface area contributed by atoms with Crippen LogP contribution in [0.1, 0.15) is 19.3 Å². The molecule has 5 heteroatoms. The topological polar surface area (TPSA) is 71.0 Å². The number of benzene rings is 1. The summed E-state index contributed by atoms with van der Waals surface area (Å²) in [6.07, 6.45) is 2.62. The Balaban J connectivity index is 1.64. The molecule has 0 aromatic heterocycles. The van der Waals surface area contributed by atoms with Crippen molar-refractivity contribution in [2.45, 2.75) is 25.4 Å². The largest absolute Gasteiger partial charge is 0.497 e. The minimum Gasteiger partial charge on any atom is -0.497 e. The van der Waals surface area contributed by atoms with Crippen molar-refractivity contribution in [3.63, 3.8) is 0 Å². The lowest BCUT2D eigenvalue weighted by Crippen LogP contribution is -2.35. The van der Waals surface area contributed by atoms with E-state index < -0.39 is 6.10 Å². The second kappa shape index (κ2) is 7.64. The average Bonchev–Trinajstić information content (AvgIpc) is 3.25. The number of nitrogens with one attached hydrogen (secondary N) is 1. The number of hydrogen-bond donors (Lipinski definition) is 3. The zero-order valence-corrected chi connectivity index (χ0v) is 12.5. The Morgan fingerprint density at radius 1 is 1.33 bits per heavy atom. The molecule has 0 amide bonds. The van der Waals surface area contributed by atoms with Gasteiger partial charge in [0.15, 0.2) is 0 Å². The summed E-state index contributed by atoms with van der Waals surface area (Å²) in [7, 11) is 1.61. The molecule has 1 aromatic rings. The zero-order chi connectivity index (χ0) is 15.1. The number of hydrogen-bond acceptors (Lipinski definition) is 5. The molecule has 0 saturated heterocycles. The van der Waals surface area contributed by atoms with Gasteiger partial charge in [0, 0.05) is 25.8 Å². The molecule has 5 nitrogen and oxygen atoms in total. The van der Waals surface area contributed by atoms with Crippen LogP contribution in [0, 0.1) is 5.41 Å². The van der Waals surface area contributed by atoms with Gasteiger partial charge in [-0.05, 0) is 36.8 Å². The number of ether oxygens (including phenoxy) is 2. The molecule has 0 heterocycles. The predicted octanol–water partition coefficient (Wildman–Crippen LogP) is 1.19. The van der Waals surface area contributed by atoms with Crippen LogP contribution in [0.3, 0.4) is 0 Å². The maximum atomic E-state index is 9.92. The fraction of sp³-hybridized carbons (Fsp3) is 0.625. The van der Waals surface area contributed by atoms with Crippen molar-refractivity contribution in [3.05, 3.63) is 24.3 Å². The minimum absolute atomic E-state index is 0.239. The molecule has 0 aliphatic heterocycles. The highest BCUT2D eigenvalue weighted by atomic mass is 16.5. The summed E-state index contributed by atoms with van der Waals surface area (Å²) >= 11 is 0. The van der Waals surface area contributed by atoms with Gasteiger partial charge in [-0.3, -0.25) is 0 Å². The predicted molar refractivity (Wildman–Crippen MR) is 80.7 cm³/mol. The van der Waals surface area contributed by atoms with Gasteiger partial charge in [0.25, 0.3) is 0 Å². The summed E-state index contributed by atoms with van der Waals surface area (Å²) in [4.78, 5) is 0. The highest BCUT2D eigenvalue weighted by Gasteiger charge is 2.41. The Morgan fingerprint density at radius 2 is 2.10 bits per heavy atom. The zero-order valence-electron chi connectivity index (χ0n) is 12.5. The third kappa shape index (κ3) is 5.19. The first-order chi connectivity index (χ1) is 10.2. The molecule has 1 fully saturated rings. The van der Waals surface area contributed by atoms with Crippen molar-refractivity contribution < 1.29 is 19.7 Å². The van der Waals surface area contributed by atoms with Crippen LogP contribution in [0.5, 0.6) is 11.5 Å². The minimum atomic E-state index is -0.555. The van der Waals surface area contributed by atoms with Crippen molar-refractivity contribution in [1.29, 1.82) is 0 Å². The van der Waals surface area contributed by atoms with Gasteiger partial charge in [-0.25, -0.2) is 0 Å². The molecule has 21 heavy (non-hydrogen) atoms. The molecule has 1 saturated carbocycles. The monoisotopic (exact) mass is 295 g/mol. The SMILES string of the molecule is COc1cccc(OCC(O)CNCC2(CCO)CC2)c1. The first-order valence-electron chi connectivity index (χ1n) is 7.44. The van der Waals surface area contributed by atoms with E-state index in [-0.39, 0.29) is 18.6 Å². The van der Waals surface area contributed by atoms with Gasteiger partial charge < -0.3 is 25.0 Å². The Bertz CT molecular complexity index is 434. The fourth-order valence-electron chi connectivity index (χ4n) is 2.38. The van der Waals surface area contributed by atoms with E-state index in [9.17, 15) is 5.11 Å². The molecule has 0 radical (unpaired) electrons. The fourth-order valence-corrected chi connectivity index (χ4v) is 2.38. The van der Waals surface area contributed by atoms with E-state index in [4.69, 9.17) is 14.6 Å². The van der Waals surface area contributed by atoms with Crippen molar-refractivity contribution >= 4 is 0 Å². The first-order valence-corrected chi connectivity index (χ1v) is 7.44. The summed E-state index contributed by atoms with van der Waals surface area (Å²) in [5.74, 6) is 1.42. The summed E-state index contributed by atoms with van der Waals surface area (Å²) in [6.45, 7) is 1.83. The Kier molecular flexibility index (Phi) is 5.85. The second-order valence-electron chi connectivity index (χ2n) is 5.75. The molecule has 1 aliphatic rings. The van der Waals surface area contributed by atoms with Crippen LogP contribution >= 0.6 is 0 Å². The Morgan fingerprint density at radius 3 is 2.76 bits per heavy atom. The van der Waals surface area contributed by atoms with Crippen LogP contribution in [-0.2, 0) is 0 Å². The molecule has 118 valence electrons. The summed E-state index contributed by atoms with van der Waals surface area (Å²) < 4.78 is 10.7. The lowest BCUT2D eigenvalue weighted by atomic mass is 10.0. The molecule has 1 aromatic carbocycles. The van der Waals surface area contributed by atoms with Crippen molar-refractivity contribution in [1.82, 2.24) is 5.32 Å². The number of aliphatic hydroxyl groups excluding tert-OH is 2. The molecule has 2 rings (SSSR count). The van der Waals surface area contributed by atoms with Gasteiger partial charge in [-0.2, -0.15) is 0 Å². The molecular weight excluding hydrogens is 270 g/mol. The van der Waals surface area contributed by atoms with Crippen LogP contribution in [0.25, 0.3) is 0 Å². The van der Waals surface area contributed by atoms with Crippen LogP contribution < -0.4 is 14.8 Å². The third-order valence-corrected chi connectivity index (χ3v) is 3.96. The number of methoxy groups -OCH3 is 1. The molecule has 1 aliphatic carbocycles. The summed E-state index contributed by atoms with van der Waals surface area (Å²) in [6, 6.07) is 7.33. The summed E-state index contributed by atoms with van der Waals surface area (Å²) in [5, 5.41) is 22.2. The highest BCUT2D eigenvalue weighted by Crippen LogP contribution is 2.47. The quantitative estimate of drug-likeness (QED) is 0.605. The number of aliphatic hydroxyl groups is 2. The first kappa shape index (κ1) is 16.1. The molecule has 1 atom stereocenters. The molecule has 3 N–H and O–H groups in total. The van der Waals surface area contributed by atoms with E-state index >= 15 is 0 Å². The van der Waals surface area contributed by atoms with E-state index in [0.717, 1.165) is 31.6 Å². The van der Waals surface area contributed by atoms with Gasteiger partial charge in [0.2, 0.25) is 0 Å². The van der Waals surface area contributed by atoms with E-state index in [0.29, 0.717) is 12.3 Å². The van der Waals surface area contributed by atoms with Crippen molar-refractivity contribution in [2.24, 2.45) is 5.41 Å². The third-order valence-electron chi connectivity index (χ3n) is 3.96. The van der Waals surface area contributed by atoms with E-state index in [2.05, 4.69) is 5.32 Å². The number of rotatable bonds is 10. The van der Waals surface area contributed by atoms with Crippen LogP contribution in [0.4, 0.5) is 0 Å². The van der Waals surface area contributed by atoms with Gasteiger partial charge in [0.1, 0.15) is 24.2 Å². The van der Waals surface area contributed by atoms with E-state index in [1.54, 1.807) is 13.2 Å².